The van der Waals surface area contributed by atoms with Gasteiger partial charge < -0.3 is 14.8 Å². The standard InChI is InChI=1S/C22H27N3O5/c1-13(2)19(22(28)25-24-21(27)15-8-6-14(3)7-9-15)23-20(26)16-10-17(29-4)12-18(11-16)30-5/h6-13,19H,1-5H3,(H,23,26)(H,24,27)(H,25,28)/t19-/m1/s1. The Morgan fingerprint density at radius 1 is 0.800 bits per heavy atom. The number of nitrogens with one attached hydrogen (secondary N) is 3. The molecule has 0 bridgehead atoms. The van der Waals surface area contributed by atoms with Gasteiger partial charge in [0.15, 0.2) is 0 Å². The van der Waals surface area contributed by atoms with Crippen molar-refractivity contribution in [3.63, 3.8) is 0 Å². The Bertz CT molecular complexity index is 887. The van der Waals surface area contributed by atoms with E-state index in [9.17, 15) is 14.4 Å². The molecule has 0 heterocycles. The van der Waals surface area contributed by atoms with E-state index in [2.05, 4.69) is 16.2 Å². The van der Waals surface area contributed by atoms with Gasteiger partial charge in [-0.1, -0.05) is 31.5 Å². The van der Waals surface area contributed by atoms with Gasteiger partial charge in [0.1, 0.15) is 17.5 Å². The molecule has 3 amide bonds. The Balaban J connectivity index is 2.06. The number of hydrogen-bond acceptors (Lipinski definition) is 5. The minimum absolute atomic E-state index is 0.224. The molecule has 30 heavy (non-hydrogen) atoms. The fourth-order valence-electron chi connectivity index (χ4n) is 2.67. The number of rotatable bonds is 7. The molecule has 0 radical (unpaired) electrons. The van der Waals surface area contributed by atoms with E-state index >= 15 is 0 Å². The molecule has 1 atom stereocenters. The summed E-state index contributed by atoms with van der Waals surface area (Å²) in [7, 11) is 2.97. The lowest BCUT2D eigenvalue weighted by Crippen LogP contribution is -2.54. The fourth-order valence-corrected chi connectivity index (χ4v) is 2.67. The number of hydrogen-bond donors (Lipinski definition) is 3. The molecule has 0 unspecified atom stereocenters. The van der Waals surface area contributed by atoms with Crippen LogP contribution in [0, 0.1) is 12.8 Å². The van der Waals surface area contributed by atoms with E-state index in [1.54, 1.807) is 56.3 Å². The normalized spacial score (nSPS) is 11.4. The number of carbonyl (C=O) groups is 3. The number of methoxy groups -OCH3 is 2. The Hall–Kier alpha value is -3.55. The summed E-state index contributed by atoms with van der Waals surface area (Å²) in [5, 5.41) is 2.69. The van der Waals surface area contributed by atoms with Gasteiger partial charge in [-0.2, -0.15) is 0 Å². The van der Waals surface area contributed by atoms with Gasteiger partial charge in [-0.15, -0.1) is 0 Å². The van der Waals surface area contributed by atoms with E-state index in [1.165, 1.54) is 14.2 Å². The summed E-state index contributed by atoms with van der Waals surface area (Å²) in [4.78, 5) is 37.5. The van der Waals surface area contributed by atoms with Crippen molar-refractivity contribution >= 4 is 17.7 Å². The highest BCUT2D eigenvalue weighted by Gasteiger charge is 2.25. The molecule has 8 heteroatoms. The van der Waals surface area contributed by atoms with Crippen molar-refractivity contribution in [3.8, 4) is 11.5 Å². The van der Waals surface area contributed by atoms with Crippen LogP contribution < -0.4 is 25.6 Å². The van der Waals surface area contributed by atoms with Gasteiger partial charge in [0.25, 0.3) is 17.7 Å². The van der Waals surface area contributed by atoms with Crippen LogP contribution in [0.1, 0.15) is 40.1 Å². The van der Waals surface area contributed by atoms with Crippen molar-refractivity contribution in [1.29, 1.82) is 0 Å². The number of hydrazine groups is 1. The Morgan fingerprint density at radius 3 is 1.87 bits per heavy atom. The number of ether oxygens (including phenoxy) is 2. The van der Waals surface area contributed by atoms with Crippen LogP contribution in [-0.2, 0) is 4.79 Å². The molecule has 0 aliphatic rings. The van der Waals surface area contributed by atoms with Gasteiger partial charge in [-0.05, 0) is 37.1 Å². The van der Waals surface area contributed by atoms with Crippen LogP contribution in [-0.4, -0.2) is 38.0 Å². The average Bonchev–Trinajstić information content (AvgIpc) is 2.75. The predicted octanol–water partition coefficient (Wildman–Crippen LogP) is 2.23. The molecule has 3 N–H and O–H groups in total. The van der Waals surface area contributed by atoms with E-state index in [0.29, 0.717) is 17.1 Å². The summed E-state index contributed by atoms with van der Waals surface area (Å²) in [6, 6.07) is 10.8. The SMILES string of the molecule is COc1cc(OC)cc(C(=O)N[C@@H](C(=O)NNC(=O)c2ccc(C)cc2)C(C)C)c1. The maximum atomic E-state index is 12.7. The van der Waals surface area contributed by atoms with E-state index in [1.807, 2.05) is 6.92 Å². The van der Waals surface area contributed by atoms with Crippen molar-refractivity contribution in [1.82, 2.24) is 16.2 Å². The van der Waals surface area contributed by atoms with Gasteiger partial charge in [0, 0.05) is 17.2 Å². The summed E-state index contributed by atoms with van der Waals surface area (Å²) in [6.45, 7) is 5.49. The van der Waals surface area contributed by atoms with Crippen molar-refractivity contribution in [2.24, 2.45) is 5.92 Å². The minimum Gasteiger partial charge on any atom is -0.497 e. The molecule has 2 aromatic carbocycles. The largest absolute Gasteiger partial charge is 0.497 e. The molecule has 0 saturated carbocycles. The van der Waals surface area contributed by atoms with Crippen LogP contribution in [0.3, 0.4) is 0 Å². The first-order valence-electron chi connectivity index (χ1n) is 9.46. The molecule has 0 aliphatic carbocycles. The summed E-state index contributed by atoms with van der Waals surface area (Å²) in [5.74, 6) is -0.766. The van der Waals surface area contributed by atoms with Gasteiger partial charge >= 0.3 is 0 Å². The molecule has 0 fully saturated rings. The highest BCUT2D eigenvalue weighted by atomic mass is 16.5. The van der Waals surface area contributed by atoms with Crippen molar-refractivity contribution < 1.29 is 23.9 Å². The molecule has 8 nitrogen and oxygen atoms in total. The van der Waals surface area contributed by atoms with Gasteiger partial charge in [0.2, 0.25) is 0 Å². The second-order valence-electron chi connectivity index (χ2n) is 7.11. The maximum Gasteiger partial charge on any atom is 0.269 e. The molecular weight excluding hydrogens is 386 g/mol. The molecular formula is C22H27N3O5. The molecule has 2 rings (SSSR count). The Labute approximate surface area is 175 Å². The molecule has 0 aliphatic heterocycles. The lowest BCUT2D eigenvalue weighted by Gasteiger charge is -2.22. The molecule has 0 saturated heterocycles. The van der Waals surface area contributed by atoms with Crippen LogP contribution in [0.5, 0.6) is 11.5 Å². The average molecular weight is 413 g/mol. The third-order valence-electron chi connectivity index (χ3n) is 4.46. The predicted molar refractivity (Wildman–Crippen MR) is 112 cm³/mol. The summed E-state index contributed by atoms with van der Waals surface area (Å²) < 4.78 is 10.3. The molecule has 2 aromatic rings. The molecule has 0 spiro atoms. The summed E-state index contributed by atoms with van der Waals surface area (Å²) >= 11 is 0. The summed E-state index contributed by atoms with van der Waals surface area (Å²) in [5.41, 5.74) is 6.47. The first-order valence-corrected chi connectivity index (χ1v) is 9.46. The van der Waals surface area contributed by atoms with E-state index in [4.69, 9.17) is 9.47 Å². The lowest BCUT2D eigenvalue weighted by molar-refractivity contribution is -0.124. The smallest absolute Gasteiger partial charge is 0.269 e. The highest BCUT2D eigenvalue weighted by Crippen LogP contribution is 2.22. The van der Waals surface area contributed by atoms with Crippen molar-refractivity contribution in [2.75, 3.05) is 14.2 Å². The zero-order chi connectivity index (χ0) is 22.3. The molecule has 0 aromatic heterocycles. The second kappa shape index (κ2) is 10.3. The van der Waals surface area contributed by atoms with Crippen LogP contribution in [0.25, 0.3) is 0 Å². The van der Waals surface area contributed by atoms with E-state index < -0.39 is 23.8 Å². The van der Waals surface area contributed by atoms with Crippen LogP contribution in [0.4, 0.5) is 0 Å². The second-order valence-corrected chi connectivity index (χ2v) is 7.11. The van der Waals surface area contributed by atoms with Gasteiger partial charge in [0.05, 0.1) is 14.2 Å². The number of benzene rings is 2. The van der Waals surface area contributed by atoms with Crippen LogP contribution in [0.15, 0.2) is 42.5 Å². The quantitative estimate of drug-likeness (QED) is 0.604. The zero-order valence-corrected chi connectivity index (χ0v) is 17.7. The first-order chi connectivity index (χ1) is 14.2. The van der Waals surface area contributed by atoms with Gasteiger partial charge in [-0.25, -0.2) is 0 Å². The minimum atomic E-state index is -0.868. The van der Waals surface area contributed by atoms with Crippen LogP contribution in [0.2, 0.25) is 0 Å². The number of aryl methyl sites for hydroxylation is 1. The third-order valence-corrected chi connectivity index (χ3v) is 4.46. The Morgan fingerprint density at radius 2 is 1.37 bits per heavy atom. The maximum absolute atomic E-state index is 12.7. The molecule has 160 valence electrons. The Kier molecular flexibility index (Phi) is 7.80. The topological polar surface area (TPSA) is 106 Å². The fraction of sp³-hybridized carbons (Fsp3) is 0.318. The van der Waals surface area contributed by atoms with Crippen LogP contribution >= 0.6 is 0 Å². The lowest BCUT2D eigenvalue weighted by atomic mass is 10.0. The van der Waals surface area contributed by atoms with Crippen molar-refractivity contribution in [2.45, 2.75) is 26.8 Å². The number of amides is 3. The van der Waals surface area contributed by atoms with Crippen molar-refractivity contribution in [3.05, 3.63) is 59.2 Å². The zero-order valence-electron chi connectivity index (χ0n) is 17.7. The third kappa shape index (κ3) is 5.97. The number of carbonyl (C=O) groups excluding carboxylic acids is 3. The highest BCUT2D eigenvalue weighted by molar-refractivity contribution is 5.99. The van der Waals surface area contributed by atoms with E-state index in [0.717, 1.165) is 5.56 Å². The monoisotopic (exact) mass is 413 g/mol. The van der Waals surface area contributed by atoms with Gasteiger partial charge in [-0.3, -0.25) is 25.2 Å². The van der Waals surface area contributed by atoms with E-state index in [-0.39, 0.29) is 11.5 Å². The first kappa shape index (κ1) is 22.7. The summed E-state index contributed by atoms with van der Waals surface area (Å²) in [6.07, 6.45) is 0.